The lowest BCUT2D eigenvalue weighted by atomic mass is 10.6. The van der Waals surface area contributed by atoms with E-state index >= 15 is 0 Å². The van der Waals surface area contributed by atoms with Crippen LogP contribution in [-0.4, -0.2) is 32.7 Å². The minimum atomic E-state index is -2.40. The van der Waals surface area contributed by atoms with Gasteiger partial charge in [0.15, 0.2) is 0 Å². The van der Waals surface area contributed by atoms with E-state index in [9.17, 15) is 8.78 Å². The molecule has 0 saturated carbocycles. The van der Waals surface area contributed by atoms with Crippen LogP contribution in [0.2, 0.25) is 0 Å². The minimum absolute atomic E-state index is 0.258. The van der Waals surface area contributed by atoms with E-state index in [4.69, 9.17) is 11.6 Å². The Balaban J connectivity index is 2.96. The van der Waals surface area contributed by atoms with Crippen LogP contribution in [-0.2, 0) is 4.74 Å². The Morgan fingerprint density at radius 3 is 2.75 bits per heavy atom. The van der Waals surface area contributed by atoms with Crippen LogP contribution in [0.5, 0.6) is 0 Å². The number of rotatable bonds is 7. The van der Waals surface area contributed by atoms with Gasteiger partial charge < -0.3 is 10.1 Å². The van der Waals surface area contributed by atoms with E-state index in [0.717, 1.165) is 0 Å². The molecule has 0 saturated heterocycles. The topological polar surface area (TPSA) is 21.3 Å². The quantitative estimate of drug-likeness (QED) is 0.629. The molecule has 1 N–H and O–H groups in total. The van der Waals surface area contributed by atoms with Crippen molar-refractivity contribution in [2.45, 2.75) is 6.43 Å². The molecule has 0 spiro atoms. The maximum atomic E-state index is 11.5. The van der Waals surface area contributed by atoms with Gasteiger partial charge in [-0.2, -0.15) is 0 Å². The fourth-order valence-corrected chi connectivity index (χ4v) is 0.635. The zero-order valence-corrected chi connectivity index (χ0v) is 7.41. The van der Waals surface area contributed by atoms with E-state index in [0.29, 0.717) is 18.1 Å². The predicted octanol–water partition coefficient (Wildman–Crippen LogP) is 1.61. The second-order valence-corrected chi connectivity index (χ2v) is 2.69. The van der Waals surface area contributed by atoms with Crippen molar-refractivity contribution in [2.75, 3.05) is 26.3 Å². The van der Waals surface area contributed by atoms with Gasteiger partial charge >= 0.3 is 0 Å². The Labute approximate surface area is 75.5 Å². The molecular formula is C7H12ClF2NO. The fourth-order valence-electron chi connectivity index (χ4n) is 0.541. The lowest BCUT2D eigenvalue weighted by Crippen LogP contribution is -2.21. The first-order chi connectivity index (χ1) is 5.63. The summed E-state index contributed by atoms with van der Waals surface area (Å²) >= 11 is 5.42. The van der Waals surface area contributed by atoms with E-state index in [2.05, 4.69) is 16.6 Å². The molecule has 0 fully saturated rings. The van der Waals surface area contributed by atoms with Crippen molar-refractivity contribution in [3.63, 3.8) is 0 Å². The number of hydrogen-bond donors (Lipinski definition) is 1. The monoisotopic (exact) mass is 199 g/mol. The first-order valence-corrected chi connectivity index (χ1v) is 3.90. The van der Waals surface area contributed by atoms with Gasteiger partial charge in [0.2, 0.25) is 0 Å². The SMILES string of the molecule is C=C(Cl)CNCCOCC(F)F. The largest absolute Gasteiger partial charge is 0.374 e. The smallest absolute Gasteiger partial charge is 0.261 e. The molecule has 5 heteroatoms. The molecule has 0 aliphatic heterocycles. The molecule has 0 rings (SSSR count). The van der Waals surface area contributed by atoms with Gasteiger partial charge in [0.1, 0.15) is 6.61 Å². The Kier molecular flexibility index (Phi) is 7.34. The highest BCUT2D eigenvalue weighted by atomic mass is 35.5. The van der Waals surface area contributed by atoms with Gasteiger partial charge in [0.05, 0.1) is 6.61 Å². The van der Waals surface area contributed by atoms with Gasteiger partial charge in [-0.1, -0.05) is 18.2 Å². The van der Waals surface area contributed by atoms with Gasteiger partial charge in [-0.15, -0.1) is 0 Å². The highest BCUT2D eigenvalue weighted by molar-refractivity contribution is 6.29. The molecular weight excluding hydrogens is 188 g/mol. The first-order valence-electron chi connectivity index (χ1n) is 3.53. The summed E-state index contributed by atoms with van der Waals surface area (Å²) < 4.78 is 27.6. The number of alkyl halides is 2. The van der Waals surface area contributed by atoms with Gasteiger partial charge in [0, 0.05) is 18.1 Å². The van der Waals surface area contributed by atoms with Gasteiger partial charge in [0.25, 0.3) is 6.43 Å². The molecule has 2 nitrogen and oxygen atoms in total. The zero-order chi connectivity index (χ0) is 9.40. The molecule has 0 bridgehead atoms. The molecule has 0 heterocycles. The van der Waals surface area contributed by atoms with Crippen LogP contribution >= 0.6 is 11.6 Å². The van der Waals surface area contributed by atoms with Crippen molar-refractivity contribution in [1.82, 2.24) is 5.32 Å². The summed E-state index contributed by atoms with van der Waals surface area (Å²) in [5.74, 6) is 0. The number of ether oxygens (including phenoxy) is 1. The minimum Gasteiger partial charge on any atom is -0.374 e. The van der Waals surface area contributed by atoms with Gasteiger partial charge in [-0.05, 0) is 0 Å². The summed E-state index contributed by atoms with van der Waals surface area (Å²) in [4.78, 5) is 0. The summed E-state index contributed by atoms with van der Waals surface area (Å²) in [5.41, 5.74) is 0. The Morgan fingerprint density at radius 1 is 1.58 bits per heavy atom. The van der Waals surface area contributed by atoms with Crippen molar-refractivity contribution < 1.29 is 13.5 Å². The average molecular weight is 200 g/mol. The van der Waals surface area contributed by atoms with Crippen LogP contribution in [0.25, 0.3) is 0 Å². The van der Waals surface area contributed by atoms with E-state index in [1.54, 1.807) is 0 Å². The lowest BCUT2D eigenvalue weighted by Gasteiger charge is -2.04. The summed E-state index contributed by atoms with van der Waals surface area (Å²) in [7, 11) is 0. The number of halogens is 3. The molecule has 0 aliphatic rings. The normalized spacial score (nSPS) is 10.7. The van der Waals surface area contributed by atoms with Crippen molar-refractivity contribution in [3.05, 3.63) is 11.6 Å². The van der Waals surface area contributed by atoms with Crippen LogP contribution in [0.1, 0.15) is 0 Å². The predicted molar refractivity (Wildman–Crippen MR) is 44.7 cm³/mol. The highest BCUT2D eigenvalue weighted by Gasteiger charge is 2.00. The third kappa shape index (κ3) is 9.81. The molecule has 0 unspecified atom stereocenters. The lowest BCUT2D eigenvalue weighted by molar-refractivity contribution is 0.0189. The van der Waals surface area contributed by atoms with Gasteiger partial charge in [-0.25, -0.2) is 8.78 Å². The van der Waals surface area contributed by atoms with Crippen LogP contribution < -0.4 is 5.32 Å². The molecule has 72 valence electrons. The van der Waals surface area contributed by atoms with Crippen molar-refractivity contribution in [1.29, 1.82) is 0 Å². The van der Waals surface area contributed by atoms with E-state index < -0.39 is 13.0 Å². The second kappa shape index (κ2) is 7.46. The third-order valence-corrected chi connectivity index (χ3v) is 1.12. The van der Waals surface area contributed by atoms with E-state index in [1.807, 2.05) is 0 Å². The summed E-state index contributed by atoms with van der Waals surface area (Å²) in [6.07, 6.45) is -2.40. The first kappa shape index (κ1) is 11.8. The fraction of sp³-hybridized carbons (Fsp3) is 0.714. The molecule has 0 atom stereocenters. The third-order valence-electron chi connectivity index (χ3n) is 0.984. The van der Waals surface area contributed by atoms with Crippen molar-refractivity contribution in [2.24, 2.45) is 0 Å². The maximum absolute atomic E-state index is 11.5. The van der Waals surface area contributed by atoms with E-state index in [-0.39, 0.29) is 6.61 Å². The Hall–Kier alpha value is -0.190. The van der Waals surface area contributed by atoms with Crippen LogP contribution in [0.3, 0.4) is 0 Å². The van der Waals surface area contributed by atoms with Crippen LogP contribution in [0.15, 0.2) is 11.6 Å². The molecule has 0 aromatic carbocycles. The summed E-state index contributed by atoms with van der Waals surface area (Å²) in [6, 6.07) is 0. The number of nitrogens with one attached hydrogen (secondary N) is 1. The molecule has 0 aromatic rings. The highest BCUT2D eigenvalue weighted by Crippen LogP contribution is 1.93. The molecule has 0 aliphatic carbocycles. The Morgan fingerprint density at radius 2 is 2.25 bits per heavy atom. The van der Waals surface area contributed by atoms with Crippen LogP contribution in [0, 0.1) is 0 Å². The summed E-state index contributed by atoms with van der Waals surface area (Å²) in [5, 5.41) is 3.35. The standard InChI is InChI=1S/C7H12ClF2NO/c1-6(8)4-11-2-3-12-5-7(9)10/h7,11H,1-5H2. The van der Waals surface area contributed by atoms with Crippen LogP contribution in [0.4, 0.5) is 8.78 Å². The summed E-state index contributed by atoms with van der Waals surface area (Å²) in [6.45, 7) is 4.16. The molecule has 0 radical (unpaired) electrons. The number of hydrogen-bond acceptors (Lipinski definition) is 2. The molecule has 0 amide bonds. The zero-order valence-electron chi connectivity index (χ0n) is 6.66. The second-order valence-electron chi connectivity index (χ2n) is 2.16. The Bertz CT molecular complexity index is 133. The molecule has 12 heavy (non-hydrogen) atoms. The van der Waals surface area contributed by atoms with E-state index in [1.165, 1.54) is 0 Å². The van der Waals surface area contributed by atoms with Crippen molar-refractivity contribution in [3.8, 4) is 0 Å². The average Bonchev–Trinajstić information content (AvgIpc) is 1.95. The molecule has 0 aromatic heterocycles. The van der Waals surface area contributed by atoms with Crippen molar-refractivity contribution >= 4 is 11.6 Å². The maximum Gasteiger partial charge on any atom is 0.261 e. The van der Waals surface area contributed by atoms with Gasteiger partial charge in [-0.3, -0.25) is 0 Å².